The van der Waals surface area contributed by atoms with E-state index in [0.717, 1.165) is 10.9 Å². The second-order valence-corrected chi connectivity index (χ2v) is 5.69. The van der Waals surface area contributed by atoms with Crippen molar-refractivity contribution in [2.24, 2.45) is 0 Å². The third-order valence-corrected chi connectivity index (χ3v) is 3.08. The Labute approximate surface area is 91.3 Å². The summed E-state index contributed by atoms with van der Waals surface area (Å²) in [5.74, 6) is 0.807. The summed E-state index contributed by atoms with van der Waals surface area (Å²) in [6.07, 6.45) is 2.70. The first-order valence-electron chi connectivity index (χ1n) is 5.28. The van der Waals surface area contributed by atoms with E-state index >= 15 is 0 Å². The Morgan fingerprint density at radius 2 is 1.86 bits per heavy atom. The van der Waals surface area contributed by atoms with Gasteiger partial charge in [-0.1, -0.05) is 38.4 Å². The van der Waals surface area contributed by atoms with E-state index in [9.17, 15) is 0 Å². The fourth-order valence-electron chi connectivity index (χ4n) is 1.93. The van der Waals surface area contributed by atoms with E-state index in [2.05, 4.69) is 32.9 Å². The van der Waals surface area contributed by atoms with Crippen LogP contribution in [0.4, 0.5) is 0 Å². The smallest absolute Gasteiger partial charge is 0.0409 e. The van der Waals surface area contributed by atoms with Crippen molar-refractivity contribution in [3.8, 4) is 0 Å². The molecule has 1 aliphatic rings. The highest BCUT2D eigenvalue weighted by Gasteiger charge is 2.29. The molecular weight excluding hydrogens is 192 g/mol. The normalized spacial score (nSPS) is 17.1. The number of hydrogen-bond donors (Lipinski definition) is 0. The van der Waals surface area contributed by atoms with E-state index in [1.807, 2.05) is 6.07 Å². The lowest BCUT2D eigenvalue weighted by molar-refractivity contribution is 0.582. The average Bonchev–Trinajstić information content (AvgIpc) is 2.85. The summed E-state index contributed by atoms with van der Waals surface area (Å²) in [6.45, 7) is 6.76. The molecule has 0 atom stereocenters. The molecule has 1 fully saturated rings. The second kappa shape index (κ2) is 3.27. The predicted molar refractivity (Wildman–Crippen MR) is 62.1 cm³/mol. The van der Waals surface area contributed by atoms with Gasteiger partial charge in [-0.3, -0.25) is 0 Å². The molecule has 0 bridgehead atoms. The van der Waals surface area contributed by atoms with Crippen molar-refractivity contribution in [2.45, 2.75) is 44.9 Å². The van der Waals surface area contributed by atoms with Gasteiger partial charge in [0.1, 0.15) is 0 Å². The van der Waals surface area contributed by atoms with E-state index in [1.165, 1.54) is 24.0 Å². The van der Waals surface area contributed by atoms with Crippen LogP contribution in [0.5, 0.6) is 0 Å². The number of hydrogen-bond acceptors (Lipinski definition) is 0. The van der Waals surface area contributed by atoms with Crippen molar-refractivity contribution in [1.82, 2.24) is 0 Å². The fourth-order valence-corrected chi connectivity index (χ4v) is 2.10. The van der Waals surface area contributed by atoms with E-state index in [-0.39, 0.29) is 5.41 Å². The number of benzene rings is 1. The summed E-state index contributed by atoms with van der Waals surface area (Å²) < 4.78 is 0. The summed E-state index contributed by atoms with van der Waals surface area (Å²) in [5, 5.41) is 0.860. The van der Waals surface area contributed by atoms with Crippen LogP contribution in [0.25, 0.3) is 0 Å². The molecule has 0 amide bonds. The van der Waals surface area contributed by atoms with Crippen molar-refractivity contribution >= 4 is 11.6 Å². The molecular formula is C13H17Cl. The third-order valence-electron chi connectivity index (χ3n) is 2.84. The van der Waals surface area contributed by atoms with Gasteiger partial charge in [-0.15, -0.1) is 0 Å². The van der Waals surface area contributed by atoms with E-state index < -0.39 is 0 Å². The van der Waals surface area contributed by atoms with Crippen molar-refractivity contribution in [3.05, 3.63) is 34.3 Å². The van der Waals surface area contributed by atoms with E-state index in [4.69, 9.17) is 11.6 Å². The van der Waals surface area contributed by atoms with Crippen LogP contribution in [-0.4, -0.2) is 0 Å². The average molecular weight is 209 g/mol. The first kappa shape index (κ1) is 10.0. The minimum Gasteiger partial charge on any atom is -0.0843 e. The Morgan fingerprint density at radius 3 is 2.36 bits per heavy atom. The lowest BCUT2D eigenvalue weighted by Gasteiger charge is -2.23. The first-order valence-corrected chi connectivity index (χ1v) is 5.66. The first-order chi connectivity index (χ1) is 6.48. The van der Waals surface area contributed by atoms with Gasteiger partial charge >= 0.3 is 0 Å². The molecule has 0 aromatic heterocycles. The zero-order chi connectivity index (χ0) is 10.3. The van der Waals surface area contributed by atoms with Gasteiger partial charge in [0.25, 0.3) is 0 Å². The summed E-state index contributed by atoms with van der Waals surface area (Å²) in [5.41, 5.74) is 3.15. The van der Waals surface area contributed by atoms with Gasteiger partial charge in [-0.05, 0) is 47.4 Å². The SMILES string of the molecule is CC(C)(C)c1cc(Cl)ccc1C1CC1. The Morgan fingerprint density at radius 1 is 1.21 bits per heavy atom. The van der Waals surface area contributed by atoms with Gasteiger partial charge < -0.3 is 0 Å². The van der Waals surface area contributed by atoms with Gasteiger partial charge in [0.15, 0.2) is 0 Å². The molecule has 1 aromatic carbocycles. The highest BCUT2D eigenvalue weighted by atomic mass is 35.5. The summed E-state index contributed by atoms with van der Waals surface area (Å²) in [4.78, 5) is 0. The van der Waals surface area contributed by atoms with Gasteiger partial charge in [-0.25, -0.2) is 0 Å². The minimum atomic E-state index is 0.211. The van der Waals surface area contributed by atoms with E-state index in [0.29, 0.717) is 0 Å². The molecule has 1 aliphatic carbocycles. The van der Waals surface area contributed by atoms with Crippen LogP contribution < -0.4 is 0 Å². The molecule has 0 heterocycles. The molecule has 1 aromatic rings. The van der Waals surface area contributed by atoms with Crippen LogP contribution in [0.15, 0.2) is 18.2 Å². The van der Waals surface area contributed by atoms with Gasteiger partial charge in [0, 0.05) is 5.02 Å². The summed E-state index contributed by atoms with van der Waals surface area (Å²) in [7, 11) is 0. The maximum atomic E-state index is 6.05. The topological polar surface area (TPSA) is 0 Å². The molecule has 0 radical (unpaired) electrons. The molecule has 0 spiro atoms. The van der Waals surface area contributed by atoms with Crippen LogP contribution in [0, 0.1) is 0 Å². The fraction of sp³-hybridized carbons (Fsp3) is 0.538. The van der Waals surface area contributed by atoms with E-state index in [1.54, 1.807) is 0 Å². The maximum Gasteiger partial charge on any atom is 0.0409 e. The molecule has 76 valence electrons. The zero-order valence-electron chi connectivity index (χ0n) is 9.10. The van der Waals surface area contributed by atoms with Crippen molar-refractivity contribution in [1.29, 1.82) is 0 Å². The van der Waals surface area contributed by atoms with Crippen LogP contribution in [-0.2, 0) is 5.41 Å². The summed E-state index contributed by atoms with van der Waals surface area (Å²) in [6, 6.07) is 6.36. The zero-order valence-corrected chi connectivity index (χ0v) is 9.86. The summed E-state index contributed by atoms with van der Waals surface area (Å²) >= 11 is 6.05. The van der Waals surface area contributed by atoms with Crippen molar-refractivity contribution in [2.75, 3.05) is 0 Å². The Hall–Kier alpha value is -0.490. The van der Waals surface area contributed by atoms with Gasteiger partial charge in [0.2, 0.25) is 0 Å². The van der Waals surface area contributed by atoms with Crippen LogP contribution in [0.3, 0.4) is 0 Å². The quantitative estimate of drug-likeness (QED) is 0.637. The van der Waals surface area contributed by atoms with Gasteiger partial charge in [-0.2, -0.15) is 0 Å². The Bertz CT molecular complexity index is 343. The predicted octanol–water partition coefficient (Wildman–Crippen LogP) is 4.51. The number of halogens is 1. The van der Waals surface area contributed by atoms with Crippen LogP contribution in [0.1, 0.15) is 50.7 Å². The Kier molecular flexibility index (Phi) is 2.35. The standard InChI is InChI=1S/C13H17Cl/c1-13(2,3)12-8-10(14)6-7-11(12)9-4-5-9/h6-9H,4-5H2,1-3H3. The molecule has 0 aliphatic heterocycles. The molecule has 0 N–H and O–H groups in total. The highest BCUT2D eigenvalue weighted by molar-refractivity contribution is 6.30. The van der Waals surface area contributed by atoms with Crippen molar-refractivity contribution in [3.63, 3.8) is 0 Å². The monoisotopic (exact) mass is 208 g/mol. The molecule has 0 nitrogen and oxygen atoms in total. The highest BCUT2D eigenvalue weighted by Crippen LogP contribution is 2.44. The van der Waals surface area contributed by atoms with Crippen LogP contribution >= 0.6 is 11.6 Å². The third kappa shape index (κ3) is 1.95. The molecule has 0 unspecified atom stereocenters. The molecule has 2 rings (SSSR count). The maximum absolute atomic E-state index is 6.05. The lowest BCUT2D eigenvalue weighted by Crippen LogP contribution is -2.13. The Balaban J connectivity index is 2.48. The minimum absolute atomic E-state index is 0.211. The lowest BCUT2D eigenvalue weighted by atomic mass is 9.82. The van der Waals surface area contributed by atoms with Gasteiger partial charge in [0.05, 0.1) is 0 Å². The number of rotatable bonds is 1. The largest absolute Gasteiger partial charge is 0.0843 e. The molecule has 14 heavy (non-hydrogen) atoms. The second-order valence-electron chi connectivity index (χ2n) is 5.26. The molecule has 0 saturated heterocycles. The van der Waals surface area contributed by atoms with Crippen molar-refractivity contribution < 1.29 is 0 Å². The molecule has 1 heteroatoms. The molecule has 1 saturated carbocycles. The van der Waals surface area contributed by atoms with Crippen LogP contribution in [0.2, 0.25) is 5.02 Å².